The number of nitrogens with two attached hydrogens (primary N) is 2. The molecular weight excluding hydrogens is 155 g/mol. The number of rotatable bonds is 0. The molecule has 5 N–H and O–H groups in total. The van der Waals surface area contributed by atoms with Gasteiger partial charge in [-0.15, -0.1) is 0 Å². The molecule has 2 heterocycles. The number of nitrogens with one attached hydrogen (secondary N) is 1. The lowest BCUT2D eigenvalue weighted by atomic mass is 10.4. The summed E-state index contributed by atoms with van der Waals surface area (Å²) in [6.07, 6.45) is 6.00. The fourth-order valence-corrected chi connectivity index (χ4v) is 1.58. The van der Waals surface area contributed by atoms with E-state index in [4.69, 9.17) is 5.73 Å². The van der Waals surface area contributed by atoms with E-state index < -0.39 is 0 Å². The van der Waals surface area contributed by atoms with E-state index >= 15 is 0 Å². The van der Waals surface area contributed by atoms with E-state index in [-0.39, 0.29) is 0 Å². The zero-order chi connectivity index (χ0) is 7.84. The number of fused-ring (bicyclic) bond motifs is 1. The first-order valence-corrected chi connectivity index (χ1v) is 4.52. The van der Waals surface area contributed by atoms with Gasteiger partial charge < -0.3 is 11.1 Å². The quantitative estimate of drug-likeness (QED) is 0.274. The van der Waals surface area contributed by atoms with Gasteiger partial charge in [0, 0.05) is 6.20 Å². The molecule has 0 bridgehead atoms. The Labute approximate surface area is 72.8 Å². The van der Waals surface area contributed by atoms with Crippen LogP contribution in [-0.4, -0.2) is 21.3 Å². The Morgan fingerprint density at radius 3 is 3.27 bits per heavy atom. The van der Waals surface area contributed by atoms with Crippen LogP contribution in [-0.2, 0) is 0 Å². The summed E-state index contributed by atoms with van der Waals surface area (Å²) in [6.45, 7) is 0. The van der Waals surface area contributed by atoms with Crippen LogP contribution in [0.3, 0.4) is 0 Å². The van der Waals surface area contributed by atoms with Crippen LogP contribution in [0.15, 0.2) is 34.6 Å². The second-order valence-electron chi connectivity index (χ2n) is 2.67. The summed E-state index contributed by atoms with van der Waals surface area (Å²) in [7, 11) is 0. The van der Waals surface area contributed by atoms with Crippen molar-refractivity contribution in [2.24, 2.45) is 5.73 Å². The lowest BCUT2D eigenvalue weighted by Gasteiger charge is -2.18. The SMILES string of the molecule is NC1=CNC2=C[C]([AlH2])=C[NH2+]N12. The van der Waals surface area contributed by atoms with Crippen molar-refractivity contribution in [3.8, 4) is 0 Å². The van der Waals surface area contributed by atoms with E-state index in [1.54, 1.807) is 6.20 Å². The lowest BCUT2D eigenvalue weighted by molar-refractivity contribution is -0.732. The monoisotopic (exact) mass is 165 g/mol. The fourth-order valence-electron chi connectivity index (χ4n) is 1.16. The fraction of sp³-hybridized carbons (Fsp3) is 0. The third-order valence-corrected chi connectivity index (χ3v) is 2.38. The highest BCUT2D eigenvalue weighted by atomic mass is 27.0. The van der Waals surface area contributed by atoms with E-state index in [0.29, 0.717) is 0 Å². The van der Waals surface area contributed by atoms with Crippen molar-refractivity contribution in [1.82, 2.24) is 10.3 Å². The number of hydrogen-bond donors (Lipinski definition) is 3. The Bertz CT molecular complexity index is 278. The first kappa shape index (κ1) is 6.80. The van der Waals surface area contributed by atoms with Crippen molar-refractivity contribution < 1.29 is 5.43 Å². The Hall–Kier alpha value is -0.888. The molecule has 2 rings (SSSR count). The Kier molecular flexibility index (Phi) is 1.43. The van der Waals surface area contributed by atoms with Crippen molar-refractivity contribution in [1.29, 1.82) is 0 Å². The molecule has 11 heavy (non-hydrogen) atoms. The third kappa shape index (κ3) is 1.03. The molecule has 0 atom stereocenters. The minimum absolute atomic E-state index is 0.752. The van der Waals surface area contributed by atoms with Crippen LogP contribution in [0.4, 0.5) is 0 Å². The average Bonchev–Trinajstić information content (AvgIpc) is 2.32. The molecular formula is C6H10AlN4+. The number of allylic oxidation sites excluding steroid dienone is 2. The van der Waals surface area contributed by atoms with Gasteiger partial charge in [-0.05, 0) is 6.08 Å². The Morgan fingerprint density at radius 1 is 1.64 bits per heavy atom. The summed E-state index contributed by atoms with van der Waals surface area (Å²) in [5.74, 6) is 1.82. The number of quaternary nitrogens is 1. The summed E-state index contributed by atoms with van der Waals surface area (Å²) in [5.41, 5.74) is 7.66. The summed E-state index contributed by atoms with van der Waals surface area (Å²) < 4.78 is 1.37. The summed E-state index contributed by atoms with van der Waals surface area (Å²) >= 11 is 1.08. The van der Waals surface area contributed by atoms with E-state index in [0.717, 1.165) is 27.9 Å². The van der Waals surface area contributed by atoms with Crippen molar-refractivity contribution in [3.63, 3.8) is 0 Å². The molecule has 0 fully saturated rings. The highest BCUT2D eigenvalue weighted by Gasteiger charge is 2.22. The van der Waals surface area contributed by atoms with Crippen molar-refractivity contribution in [2.45, 2.75) is 0 Å². The van der Waals surface area contributed by atoms with Gasteiger partial charge in [-0.25, -0.2) is 5.43 Å². The van der Waals surface area contributed by atoms with Gasteiger partial charge in [-0.1, -0.05) is 4.44 Å². The zero-order valence-corrected chi connectivity index (χ0v) is 8.33. The molecule has 0 radical (unpaired) electrons. The lowest BCUT2D eigenvalue weighted by Crippen LogP contribution is -2.89. The normalized spacial score (nSPS) is 21.5. The molecule has 0 amide bonds. The average molecular weight is 165 g/mol. The van der Waals surface area contributed by atoms with Crippen molar-refractivity contribution in [2.75, 3.05) is 0 Å². The molecule has 5 heteroatoms. The van der Waals surface area contributed by atoms with Crippen LogP contribution in [0.2, 0.25) is 0 Å². The maximum atomic E-state index is 5.67. The largest absolute Gasteiger partial charge is 0.380 e. The Morgan fingerprint density at radius 2 is 2.45 bits per heavy atom. The first-order valence-electron chi connectivity index (χ1n) is 3.52. The highest BCUT2D eigenvalue weighted by molar-refractivity contribution is 6.23. The van der Waals surface area contributed by atoms with Crippen LogP contribution in [0.5, 0.6) is 0 Å². The van der Waals surface area contributed by atoms with Gasteiger partial charge in [0.25, 0.3) is 16.3 Å². The van der Waals surface area contributed by atoms with Crippen LogP contribution in [0.25, 0.3) is 0 Å². The predicted octanol–water partition coefficient (Wildman–Crippen LogP) is -2.54. The molecule has 0 spiro atoms. The van der Waals surface area contributed by atoms with E-state index in [2.05, 4.69) is 17.6 Å². The Balaban J connectivity index is 2.29. The number of nitrogens with zero attached hydrogens (tertiary/aromatic N) is 1. The summed E-state index contributed by atoms with van der Waals surface area (Å²) in [6, 6.07) is 0. The van der Waals surface area contributed by atoms with Crippen molar-refractivity contribution in [3.05, 3.63) is 34.6 Å². The molecule has 0 aliphatic carbocycles. The van der Waals surface area contributed by atoms with Crippen LogP contribution < -0.4 is 16.5 Å². The molecule has 0 aromatic carbocycles. The van der Waals surface area contributed by atoms with Crippen LogP contribution in [0, 0.1) is 0 Å². The van der Waals surface area contributed by atoms with Gasteiger partial charge in [-0.3, -0.25) is 0 Å². The smallest absolute Gasteiger partial charge is 0.268 e. The van der Waals surface area contributed by atoms with E-state index in [1.807, 2.05) is 10.4 Å². The van der Waals surface area contributed by atoms with Gasteiger partial charge in [0.15, 0.2) is 11.6 Å². The molecule has 0 saturated heterocycles. The second-order valence-corrected chi connectivity index (χ2v) is 3.83. The third-order valence-electron chi connectivity index (χ3n) is 1.76. The topological polar surface area (TPSA) is 57.9 Å². The highest BCUT2D eigenvalue weighted by Crippen LogP contribution is 2.10. The molecule has 0 aromatic rings. The number of hydrogen-bond acceptors (Lipinski definition) is 3. The first-order chi connectivity index (χ1) is 5.27. The standard InChI is InChI=1S/C6H7N4.Al.2H/c7-5-4-8-6-2-1-3-9-10(5)6;;;/h2-4,8-9H,7H2;;;/p+1. The molecule has 56 valence electrons. The van der Waals surface area contributed by atoms with Gasteiger partial charge in [0.05, 0.1) is 0 Å². The molecule has 0 aromatic heterocycles. The molecule has 2 aliphatic heterocycles. The molecule has 2 aliphatic rings. The zero-order valence-electron chi connectivity index (χ0n) is 6.33. The summed E-state index contributed by atoms with van der Waals surface area (Å²) in [5, 5.41) is 5.02. The molecule has 4 nitrogen and oxygen atoms in total. The maximum absolute atomic E-state index is 5.67. The van der Waals surface area contributed by atoms with Crippen LogP contribution in [0.1, 0.15) is 0 Å². The molecule has 0 saturated carbocycles. The van der Waals surface area contributed by atoms with E-state index in [1.165, 1.54) is 4.44 Å². The van der Waals surface area contributed by atoms with Crippen LogP contribution >= 0.6 is 0 Å². The predicted molar refractivity (Wildman–Crippen MR) is 43.9 cm³/mol. The van der Waals surface area contributed by atoms with Gasteiger partial charge in [-0.2, -0.15) is 5.01 Å². The van der Waals surface area contributed by atoms with Gasteiger partial charge >= 0.3 is 0 Å². The second kappa shape index (κ2) is 2.31. The van der Waals surface area contributed by atoms with Gasteiger partial charge in [0.2, 0.25) is 0 Å². The minimum atomic E-state index is 0.752. The minimum Gasteiger partial charge on any atom is -0.380 e. The van der Waals surface area contributed by atoms with Gasteiger partial charge in [0.1, 0.15) is 6.20 Å². The van der Waals surface area contributed by atoms with E-state index in [9.17, 15) is 0 Å². The summed E-state index contributed by atoms with van der Waals surface area (Å²) in [4.78, 5) is 0. The molecule has 0 unspecified atom stereocenters. The van der Waals surface area contributed by atoms with Crippen molar-refractivity contribution >= 4 is 16.3 Å². The maximum Gasteiger partial charge on any atom is 0.268 e.